The van der Waals surface area contributed by atoms with E-state index in [0.29, 0.717) is 11.2 Å². The van der Waals surface area contributed by atoms with E-state index in [-0.39, 0.29) is 10.9 Å². The van der Waals surface area contributed by atoms with Gasteiger partial charge in [-0.15, -0.1) is 34.3 Å². The first-order valence-corrected chi connectivity index (χ1v) is 8.48. The molecule has 3 rings (SSSR count). The van der Waals surface area contributed by atoms with Gasteiger partial charge in [-0.25, -0.2) is 4.98 Å². The zero-order valence-corrected chi connectivity index (χ0v) is 13.5. The number of aromatic amines is 1. The fourth-order valence-electron chi connectivity index (χ4n) is 2.05. The lowest BCUT2D eigenvalue weighted by atomic mass is 10.2. The Kier molecular flexibility index (Phi) is 3.67. The normalized spacial score (nSPS) is 12.9. The lowest BCUT2D eigenvalue weighted by Gasteiger charge is -2.02. The van der Waals surface area contributed by atoms with Gasteiger partial charge in [0.05, 0.1) is 10.8 Å². The Morgan fingerprint density at radius 3 is 2.90 bits per heavy atom. The highest BCUT2D eigenvalue weighted by Crippen LogP contribution is 2.35. The fourth-order valence-corrected chi connectivity index (χ4v) is 4.14. The first-order valence-electron chi connectivity index (χ1n) is 6.34. The molecule has 1 N–H and O–H groups in total. The van der Waals surface area contributed by atoms with Crippen LogP contribution in [-0.2, 0) is 6.42 Å². The van der Waals surface area contributed by atoms with Crippen LogP contribution in [0.25, 0.3) is 20.7 Å². The van der Waals surface area contributed by atoms with Crippen molar-refractivity contribution in [2.24, 2.45) is 0 Å². The molecule has 0 aliphatic rings. The van der Waals surface area contributed by atoms with Gasteiger partial charge >= 0.3 is 0 Å². The highest BCUT2D eigenvalue weighted by molar-refractivity contribution is 7.19. The van der Waals surface area contributed by atoms with E-state index in [9.17, 15) is 4.79 Å². The van der Waals surface area contributed by atoms with Gasteiger partial charge in [-0.05, 0) is 25.5 Å². The summed E-state index contributed by atoms with van der Waals surface area (Å²) < 4.78 is 0. The molecule has 0 bridgehead atoms. The molecule has 1 atom stereocenters. The number of hydrogen-bond acceptors (Lipinski definition) is 4. The van der Waals surface area contributed by atoms with E-state index >= 15 is 0 Å². The Morgan fingerprint density at radius 2 is 2.25 bits per heavy atom. The molecule has 0 aliphatic carbocycles. The summed E-state index contributed by atoms with van der Waals surface area (Å²) >= 11 is 9.21. The number of hydrogen-bond donors (Lipinski definition) is 1. The fraction of sp³-hybridized carbons (Fsp3) is 0.286. The van der Waals surface area contributed by atoms with Gasteiger partial charge in [0.15, 0.2) is 0 Å². The third kappa shape index (κ3) is 2.30. The molecule has 1 unspecified atom stereocenters. The van der Waals surface area contributed by atoms with Crippen molar-refractivity contribution in [3.8, 4) is 10.4 Å². The lowest BCUT2D eigenvalue weighted by molar-refractivity contribution is 0.917. The van der Waals surface area contributed by atoms with Crippen LogP contribution in [0.5, 0.6) is 0 Å². The Balaban J connectivity index is 2.21. The maximum Gasteiger partial charge on any atom is 0.260 e. The van der Waals surface area contributed by atoms with E-state index in [1.807, 2.05) is 5.38 Å². The number of alkyl halides is 1. The van der Waals surface area contributed by atoms with E-state index in [1.165, 1.54) is 16.2 Å². The number of thiophene rings is 2. The summed E-state index contributed by atoms with van der Waals surface area (Å²) in [5.74, 6) is 0.526. The van der Waals surface area contributed by atoms with Crippen molar-refractivity contribution < 1.29 is 0 Å². The molecule has 3 aromatic heterocycles. The van der Waals surface area contributed by atoms with Crippen LogP contribution in [0.4, 0.5) is 0 Å². The summed E-state index contributed by atoms with van der Waals surface area (Å²) in [7, 11) is 0. The second-order valence-electron chi connectivity index (χ2n) is 4.52. The van der Waals surface area contributed by atoms with Crippen LogP contribution in [0.1, 0.15) is 29.9 Å². The number of nitrogens with one attached hydrogen (secondary N) is 1. The van der Waals surface area contributed by atoms with Gasteiger partial charge in [0, 0.05) is 20.7 Å². The number of halogens is 1. The summed E-state index contributed by atoms with van der Waals surface area (Å²) in [5.41, 5.74) is 0.859. The number of aromatic nitrogens is 2. The molecule has 3 heterocycles. The van der Waals surface area contributed by atoms with Crippen LogP contribution in [0.3, 0.4) is 0 Å². The summed E-state index contributed by atoms with van der Waals surface area (Å²) in [6.07, 6.45) is 1.01. The molecule has 0 saturated carbocycles. The highest BCUT2D eigenvalue weighted by atomic mass is 35.5. The zero-order valence-electron chi connectivity index (χ0n) is 11.1. The lowest BCUT2D eigenvalue weighted by Crippen LogP contribution is -2.11. The number of rotatable bonds is 3. The topological polar surface area (TPSA) is 45.8 Å². The molecule has 20 heavy (non-hydrogen) atoms. The average molecular weight is 325 g/mol. The average Bonchev–Trinajstić information content (AvgIpc) is 3.04. The first kappa shape index (κ1) is 13.8. The van der Waals surface area contributed by atoms with Crippen molar-refractivity contribution >= 4 is 44.5 Å². The van der Waals surface area contributed by atoms with Gasteiger partial charge < -0.3 is 4.98 Å². The van der Waals surface area contributed by atoms with Gasteiger partial charge in [0.1, 0.15) is 10.7 Å². The van der Waals surface area contributed by atoms with Crippen LogP contribution in [0.15, 0.2) is 22.3 Å². The minimum Gasteiger partial charge on any atom is -0.309 e. The van der Waals surface area contributed by atoms with Crippen molar-refractivity contribution in [2.45, 2.75) is 25.6 Å². The van der Waals surface area contributed by atoms with Gasteiger partial charge in [-0.1, -0.05) is 6.92 Å². The van der Waals surface area contributed by atoms with Crippen LogP contribution < -0.4 is 5.56 Å². The Bertz CT molecular complexity index is 816. The molecular formula is C14H13ClN2OS2. The third-order valence-electron chi connectivity index (χ3n) is 3.11. The van der Waals surface area contributed by atoms with Crippen LogP contribution in [-0.4, -0.2) is 9.97 Å². The minimum atomic E-state index is -0.300. The van der Waals surface area contributed by atoms with E-state index in [0.717, 1.165) is 21.7 Å². The number of aryl methyl sites for hydroxylation is 1. The van der Waals surface area contributed by atoms with Crippen molar-refractivity contribution in [3.05, 3.63) is 38.6 Å². The molecule has 0 radical (unpaired) electrons. The van der Waals surface area contributed by atoms with Gasteiger partial charge in [0.2, 0.25) is 0 Å². The third-order valence-corrected chi connectivity index (χ3v) is 5.46. The quantitative estimate of drug-likeness (QED) is 0.717. The Hall–Kier alpha value is -1.17. The number of nitrogens with zero attached hydrogens (tertiary/aromatic N) is 1. The molecule has 104 valence electrons. The molecule has 0 fully saturated rings. The van der Waals surface area contributed by atoms with Crippen LogP contribution in [0, 0.1) is 0 Å². The van der Waals surface area contributed by atoms with Crippen LogP contribution >= 0.6 is 34.3 Å². The predicted molar refractivity (Wildman–Crippen MR) is 87.2 cm³/mol. The molecule has 0 amide bonds. The predicted octanol–water partition coefficient (Wildman–Crippen LogP) is 4.58. The summed E-state index contributed by atoms with van der Waals surface area (Å²) in [6.45, 7) is 3.93. The number of H-pyrrole nitrogens is 1. The molecule has 0 saturated heterocycles. The zero-order chi connectivity index (χ0) is 14.3. The van der Waals surface area contributed by atoms with Crippen LogP contribution in [0.2, 0.25) is 0 Å². The van der Waals surface area contributed by atoms with Crippen molar-refractivity contribution in [2.75, 3.05) is 0 Å². The van der Waals surface area contributed by atoms with Crippen molar-refractivity contribution in [3.63, 3.8) is 0 Å². The summed E-state index contributed by atoms with van der Waals surface area (Å²) in [5, 5.41) is 2.37. The highest BCUT2D eigenvalue weighted by Gasteiger charge is 2.15. The SMILES string of the molecule is CCc1ccc(-c2csc3nc(C(C)Cl)[nH]c(=O)c23)s1. The van der Waals surface area contributed by atoms with Gasteiger partial charge in [-0.2, -0.15) is 0 Å². The van der Waals surface area contributed by atoms with E-state index < -0.39 is 0 Å². The number of fused-ring (bicyclic) bond motifs is 1. The van der Waals surface area contributed by atoms with Gasteiger partial charge in [-0.3, -0.25) is 4.79 Å². The largest absolute Gasteiger partial charge is 0.309 e. The minimum absolute atomic E-state index is 0.111. The molecule has 0 aromatic carbocycles. The summed E-state index contributed by atoms with van der Waals surface area (Å²) in [6, 6.07) is 4.18. The molecule has 3 nitrogen and oxygen atoms in total. The standard InChI is InChI=1S/C14H13ClN2OS2/c1-3-8-4-5-10(20-8)9-6-19-14-11(9)13(18)16-12(17-14)7(2)15/h4-7H,3H2,1-2H3,(H,16,17,18). The Labute approximate surface area is 129 Å². The second-order valence-corrected chi connectivity index (χ2v) is 7.20. The molecule has 0 spiro atoms. The molecule has 0 aliphatic heterocycles. The van der Waals surface area contributed by atoms with E-state index in [1.54, 1.807) is 18.3 Å². The second kappa shape index (κ2) is 5.31. The van der Waals surface area contributed by atoms with E-state index in [4.69, 9.17) is 11.6 Å². The maximum atomic E-state index is 12.3. The summed E-state index contributed by atoms with van der Waals surface area (Å²) in [4.78, 5) is 22.7. The first-order chi connectivity index (χ1) is 9.60. The smallest absolute Gasteiger partial charge is 0.260 e. The maximum absolute atomic E-state index is 12.3. The molecule has 3 aromatic rings. The molecule has 6 heteroatoms. The van der Waals surface area contributed by atoms with Crippen molar-refractivity contribution in [1.29, 1.82) is 0 Å². The van der Waals surface area contributed by atoms with Crippen molar-refractivity contribution in [1.82, 2.24) is 9.97 Å². The Morgan fingerprint density at radius 1 is 1.45 bits per heavy atom. The molecular weight excluding hydrogens is 312 g/mol. The monoisotopic (exact) mass is 324 g/mol. The van der Waals surface area contributed by atoms with Gasteiger partial charge in [0.25, 0.3) is 5.56 Å². The van der Waals surface area contributed by atoms with E-state index in [2.05, 4.69) is 29.0 Å².